The second-order valence-electron chi connectivity index (χ2n) is 4.20. The Morgan fingerprint density at radius 1 is 1.20 bits per heavy atom. The predicted molar refractivity (Wildman–Crippen MR) is 78.2 cm³/mol. The molecule has 102 valence electrons. The molecule has 0 saturated heterocycles. The minimum Gasteiger partial charge on any atom is -0.496 e. The molecule has 4 nitrogen and oxygen atoms in total. The molecular weight excluding hydrogens is 272 g/mol. The Kier molecular flexibility index (Phi) is 3.62. The summed E-state index contributed by atoms with van der Waals surface area (Å²) in [6.45, 7) is -0.0529. The van der Waals surface area contributed by atoms with E-state index < -0.39 is 0 Å². The molecule has 1 aromatic carbocycles. The average molecular weight is 286 g/mol. The van der Waals surface area contributed by atoms with E-state index in [9.17, 15) is 5.11 Å². The van der Waals surface area contributed by atoms with Crippen LogP contribution in [-0.2, 0) is 6.61 Å². The highest BCUT2D eigenvalue weighted by Gasteiger charge is 2.14. The lowest BCUT2D eigenvalue weighted by Gasteiger charge is -2.06. The summed E-state index contributed by atoms with van der Waals surface area (Å²) in [6.07, 6.45) is 1.90. The van der Waals surface area contributed by atoms with E-state index in [2.05, 4.69) is 4.98 Å². The molecule has 0 amide bonds. The molecule has 3 aromatic rings. The number of methoxy groups -OCH3 is 1. The Balaban J connectivity index is 2.06. The van der Waals surface area contributed by atoms with Gasteiger partial charge in [-0.15, -0.1) is 0 Å². The molecule has 0 aliphatic heterocycles. The zero-order valence-electron chi connectivity index (χ0n) is 11.0. The lowest BCUT2D eigenvalue weighted by molar-refractivity contribution is 0.272. The molecule has 0 radical (unpaired) electrons. The van der Waals surface area contributed by atoms with Gasteiger partial charge in [0.25, 0.3) is 0 Å². The molecule has 0 aliphatic rings. The lowest BCUT2D eigenvalue weighted by atomic mass is 10.3. The quantitative estimate of drug-likeness (QED) is 0.801. The van der Waals surface area contributed by atoms with Crippen molar-refractivity contribution in [2.45, 2.75) is 16.5 Å². The van der Waals surface area contributed by atoms with Crippen LogP contribution in [0.1, 0.15) is 5.69 Å². The van der Waals surface area contributed by atoms with Gasteiger partial charge in [-0.3, -0.25) is 0 Å². The Morgan fingerprint density at radius 3 is 2.80 bits per heavy atom. The van der Waals surface area contributed by atoms with Crippen molar-refractivity contribution in [2.24, 2.45) is 0 Å². The molecule has 0 atom stereocenters. The average Bonchev–Trinajstić information content (AvgIpc) is 2.85. The third-order valence-electron chi connectivity index (χ3n) is 3.02. The monoisotopic (exact) mass is 286 g/mol. The Morgan fingerprint density at radius 2 is 2.00 bits per heavy atom. The van der Waals surface area contributed by atoms with Crippen LogP contribution in [0, 0.1) is 0 Å². The number of benzene rings is 1. The maximum Gasteiger partial charge on any atom is 0.138 e. The van der Waals surface area contributed by atoms with Gasteiger partial charge < -0.3 is 14.2 Å². The van der Waals surface area contributed by atoms with Gasteiger partial charge in [0.2, 0.25) is 0 Å². The summed E-state index contributed by atoms with van der Waals surface area (Å²) >= 11 is 1.50. The van der Waals surface area contributed by atoms with Crippen LogP contribution in [0.15, 0.2) is 58.6 Å². The molecule has 0 saturated carbocycles. The van der Waals surface area contributed by atoms with Crippen molar-refractivity contribution in [3.05, 3.63) is 54.4 Å². The van der Waals surface area contributed by atoms with Crippen LogP contribution < -0.4 is 4.74 Å². The number of hydrogen-bond acceptors (Lipinski definition) is 4. The number of fused-ring (bicyclic) bond motifs is 1. The number of imidazole rings is 1. The summed E-state index contributed by atoms with van der Waals surface area (Å²) in [5.41, 5.74) is 1.62. The fourth-order valence-corrected chi connectivity index (χ4v) is 3.08. The van der Waals surface area contributed by atoms with E-state index in [0.29, 0.717) is 0 Å². The number of para-hydroxylation sites is 1. The zero-order chi connectivity index (χ0) is 13.9. The van der Waals surface area contributed by atoms with Gasteiger partial charge in [0.15, 0.2) is 0 Å². The Bertz CT molecular complexity index is 740. The van der Waals surface area contributed by atoms with Gasteiger partial charge in [0.1, 0.15) is 16.4 Å². The molecular formula is C15H14N2O2S. The molecule has 2 heterocycles. The van der Waals surface area contributed by atoms with Crippen molar-refractivity contribution in [2.75, 3.05) is 7.11 Å². The maximum atomic E-state index is 9.60. The zero-order valence-corrected chi connectivity index (χ0v) is 11.8. The number of aliphatic hydroxyl groups is 1. The fourth-order valence-electron chi connectivity index (χ4n) is 2.06. The Labute approximate surface area is 121 Å². The van der Waals surface area contributed by atoms with Gasteiger partial charge in [0, 0.05) is 6.20 Å². The van der Waals surface area contributed by atoms with Crippen molar-refractivity contribution in [1.29, 1.82) is 0 Å². The standard InChI is InChI=1S/C15H14N2O2S/c1-19-12-6-2-3-7-13(12)20-15-11(10-18)17-9-5-4-8-14(17)16-15/h2-9,18H,10H2,1H3. The molecule has 0 unspecified atom stereocenters. The van der Waals surface area contributed by atoms with Crippen molar-refractivity contribution in [1.82, 2.24) is 9.38 Å². The summed E-state index contributed by atoms with van der Waals surface area (Å²) in [5.74, 6) is 0.804. The molecule has 20 heavy (non-hydrogen) atoms. The molecule has 5 heteroatoms. The molecule has 0 bridgehead atoms. The van der Waals surface area contributed by atoms with E-state index in [0.717, 1.165) is 27.0 Å². The molecule has 2 aromatic heterocycles. The van der Waals surface area contributed by atoms with E-state index >= 15 is 0 Å². The second-order valence-corrected chi connectivity index (χ2v) is 5.23. The van der Waals surface area contributed by atoms with Gasteiger partial charge in [0.05, 0.1) is 24.3 Å². The number of ether oxygens (including phenoxy) is 1. The van der Waals surface area contributed by atoms with E-state index in [1.54, 1.807) is 7.11 Å². The molecule has 0 spiro atoms. The Hall–Kier alpha value is -1.98. The van der Waals surface area contributed by atoms with Gasteiger partial charge >= 0.3 is 0 Å². The van der Waals surface area contributed by atoms with E-state index in [1.807, 2.05) is 53.1 Å². The van der Waals surface area contributed by atoms with E-state index in [-0.39, 0.29) is 6.61 Å². The fraction of sp³-hybridized carbons (Fsp3) is 0.133. The molecule has 0 fully saturated rings. The first-order chi connectivity index (χ1) is 9.83. The third kappa shape index (κ3) is 2.26. The number of pyridine rings is 1. The maximum absolute atomic E-state index is 9.60. The van der Waals surface area contributed by atoms with Crippen LogP contribution in [0.25, 0.3) is 5.65 Å². The number of nitrogens with zero attached hydrogens (tertiary/aromatic N) is 2. The molecule has 0 aliphatic carbocycles. The number of aromatic nitrogens is 2. The highest BCUT2D eigenvalue weighted by molar-refractivity contribution is 7.99. The molecule has 3 rings (SSSR count). The highest BCUT2D eigenvalue weighted by Crippen LogP contribution is 2.36. The smallest absolute Gasteiger partial charge is 0.138 e. The van der Waals surface area contributed by atoms with Crippen LogP contribution in [-0.4, -0.2) is 21.6 Å². The van der Waals surface area contributed by atoms with Crippen LogP contribution in [0.3, 0.4) is 0 Å². The first-order valence-corrected chi connectivity index (χ1v) is 7.03. The summed E-state index contributed by atoms with van der Waals surface area (Å²) in [4.78, 5) is 5.54. The summed E-state index contributed by atoms with van der Waals surface area (Å²) < 4.78 is 7.25. The van der Waals surface area contributed by atoms with Crippen LogP contribution >= 0.6 is 11.8 Å². The molecule has 1 N–H and O–H groups in total. The predicted octanol–water partition coefficient (Wildman–Crippen LogP) is 2.99. The van der Waals surface area contributed by atoms with Gasteiger partial charge in [-0.2, -0.15) is 0 Å². The van der Waals surface area contributed by atoms with Crippen molar-refractivity contribution in [3.63, 3.8) is 0 Å². The topological polar surface area (TPSA) is 46.8 Å². The van der Waals surface area contributed by atoms with Gasteiger partial charge in [-0.25, -0.2) is 4.98 Å². The van der Waals surface area contributed by atoms with Crippen LogP contribution in [0.4, 0.5) is 0 Å². The minimum atomic E-state index is -0.0529. The van der Waals surface area contributed by atoms with Gasteiger partial charge in [-0.05, 0) is 24.3 Å². The minimum absolute atomic E-state index is 0.0529. The number of rotatable bonds is 4. The third-order valence-corrected chi connectivity index (χ3v) is 4.10. The summed E-state index contributed by atoms with van der Waals surface area (Å²) in [6, 6.07) is 13.6. The first kappa shape index (κ1) is 13.0. The van der Waals surface area contributed by atoms with Crippen molar-refractivity contribution in [3.8, 4) is 5.75 Å². The van der Waals surface area contributed by atoms with Crippen molar-refractivity contribution >= 4 is 17.4 Å². The summed E-state index contributed by atoms with van der Waals surface area (Å²) in [5, 5.41) is 10.4. The number of aliphatic hydroxyl groups excluding tert-OH is 1. The van der Waals surface area contributed by atoms with Crippen LogP contribution in [0.2, 0.25) is 0 Å². The first-order valence-electron chi connectivity index (χ1n) is 6.21. The normalized spacial score (nSPS) is 10.9. The SMILES string of the molecule is COc1ccccc1Sc1nc2ccccn2c1CO. The van der Waals surface area contributed by atoms with Crippen LogP contribution in [0.5, 0.6) is 5.75 Å². The lowest BCUT2D eigenvalue weighted by Crippen LogP contribution is -1.93. The van der Waals surface area contributed by atoms with Gasteiger partial charge in [-0.1, -0.05) is 30.0 Å². The number of hydrogen-bond donors (Lipinski definition) is 1. The van der Waals surface area contributed by atoms with E-state index in [4.69, 9.17) is 4.74 Å². The van der Waals surface area contributed by atoms with E-state index in [1.165, 1.54) is 11.8 Å². The second kappa shape index (κ2) is 5.56. The summed E-state index contributed by atoms with van der Waals surface area (Å²) in [7, 11) is 1.65. The highest BCUT2D eigenvalue weighted by atomic mass is 32.2. The van der Waals surface area contributed by atoms with Crippen molar-refractivity contribution < 1.29 is 9.84 Å². The largest absolute Gasteiger partial charge is 0.496 e.